The zero-order chi connectivity index (χ0) is 14.3. The molecule has 0 aliphatic rings. The summed E-state index contributed by atoms with van der Waals surface area (Å²) in [6, 6.07) is 7.05. The van der Waals surface area contributed by atoms with Crippen molar-refractivity contribution in [1.29, 1.82) is 0 Å². The van der Waals surface area contributed by atoms with Gasteiger partial charge < -0.3 is 15.3 Å². The van der Waals surface area contributed by atoms with E-state index >= 15 is 0 Å². The molecule has 0 aliphatic heterocycles. The first kappa shape index (κ1) is 15.1. The van der Waals surface area contributed by atoms with Gasteiger partial charge in [-0.3, -0.25) is 14.9 Å². The van der Waals surface area contributed by atoms with Crippen LogP contribution in [-0.2, 0) is 16.0 Å². The lowest BCUT2D eigenvalue weighted by atomic mass is 10.0. The molecule has 6 nitrogen and oxygen atoms in total. The second kappa shape index (κ2) is 7.50. The molecule has 1 rings (SSSR count). The monoisotopic (exact) mass is 267 g/mol. The molecule has 2 unspecified atom stereocenters. The molecule has 1 aromatic rings. The number of hydrogen-bond donors (Lipinski definition) is 4. The van der Waals surface area contributed by atoms with Crippen LogP contribution in [0.1, 0.15) is 12.0 Å². The number of aliphatic carboxylic acids is 2. The summed E-state index contributed by atoms with van der Waals surface area (Å²) in [6.07, 6.45) is 0.770. The van der Waals surface area contributed by atoms with Crippen LogP contribution in [0.3, 0.4) is 0 Å². The van der Waals surface area contributed by atoms with Crippen molar-refractivity contribution in [3.05, 3.63) is 35.9 Å². The first-order valence-corrected chi connectivity index (χ1v) is 5.91. The van der Waals surface area contributed by atoms with Gasteiger partial charge in [-0.15, -0.1) is 0 Å². The lowest BCUT2D eigenvalue weighted by Gasteiger charge is -2.18. The Bertz CT molecular complexity index is 420. The van der Waals surface area contributed by atoms with Gasteiger partial charge in [0.2, 0.25) is 0 Å². The number of hydrogen-bond acceptors (Lipinski definition) is 4. The fraction of sp³-hybridized carbons (Fsp3) is 0.385. The van der Waals surface area contributed by atoms with E-state index in [1.807, 2.05) is 30.3 Å². The molecule has 0 saturated heterocycles. The highest BCUT2D eigenvalue weighted by molar-refractivity contribution is 5.77. The van der Waals surface area contributed by atoms with Crippen LogP contribution in [-0.4, -0.2) is 45.9 Å². The number of aliphatic hydroxyl groups excluding tert-OH is 1. The first-order valence-electron chi connectivity index (χ1n) is 5.91. The van der Waals surface area contributed by atoms with E-state index in [4.69, 9.17) is 15.3 Å². The molecule has 0 saturated carbocycles. The minimum absolute atomic E-state index is 0.253. The number of carbonyl (C=O) groups is 2. The van der Waals surface area contributed by atoms with Gasteiger partial charge in [-0.25, -0.2) is 0 Å². The van der Waals surface area contributed by atoms with E-state index in [0.717, 1.165) is 5.56 Å². The molecule has 0 aliphatic carbocycles. The Hall–Kier alpha value is -1.92. The van der Waals surface area contributed by atoms with Gasteiger partial charge in [-0.1, -0.05) is 30.3 Å². The predicted molar refractivity (Wildman–Crippen MR) is 67.8 cm³/mol. The third-order valence-corrected chi connectivity index (χ3v) is 2.75. The van der Waals surface area contributed by atoms with Crippen LogP contribution in [0.4, 0.5) is 0 Å². The summed E-state index contributed by atoms with van der Waals surface area (Å²) in [7, 11) is 0. The zero-order valence-corrected chi connectivity index (χ0v) is 10.3. The van der Waals surface area contributed by atoms with E-state index < -0.39 is 30.6 Å². The van der Waals surface area contributed by atoms with Crippen LogP contribution in [0.25, 0.3) is 0 Å². The van der Waals surface area contributed by atoms with Crippen molar-refractivity contribution in [2.45, 2.75) is 24.9 Å². The van der Waals surface area contributed by atoms with Gasteiger partial charge in [0.15, 0.2) is 0 Å². The van der Waals surface area contributed by atoms with Crippen LogP contribution in [0.5, 0.6) is 0 Å². The first-order chi connectivity index (χ1) is 9.04. The highest BCUT2D eigenvalue weighted by Crippen LogP contribution is 2.06. The van der Waals surface area contributed by atoms with Crippen molar-refractivity contribution in [1.82, 2.24) is 5.32 Å². The third-order valence-electron chi connectivity index (χ3n) is 2.75. The number of benzene rings is 1. The Balaban J connectivity index is 2.58. The standard InChI is InChI=1S/C13H17NO5/c15-8-11(13(18)19)14-10(12(16)17)7-6-9-4-2-1-3-5-9/h1-5,10-11,14-15H,6-8H2,(H,16,17)(H,18,19). The summed E-state index contributed by atoms with van der Waals surface area (Å²) >= 11 is 0. The number of carboxylic acids is 2. The molecule has 0 spiro atoms. The molecule has 2 atom stereocenters. The van der Waals surface area contributed by atoms with Gasteiger partial charge in [0, 0.05) is 0 Å². The summed E-state index contributed by atoms with van der Waals surface area (Å²) in [4.78, 5) is 21.8. The molecule has 1 aromatic carbocycles. The maximum atomic E-state index is 11.1. The van der Waals surface area contributed by atoms with E-state index in [2.05, 4.69) is 5.32 Å². The van der Waals surface area contributed by atoms with Gasteiger partial charge in [0.1, 0.15) is 12.1 Å². The Morgan fingerprint density at radius 1 is 1.05 bits per heavy atom. The Morgan fingerprint density at radius 2 is 1.63 bits per heavy atom. The summed E-state index contributed by atoms with van der Waals surface area (Å²) < 4.78 is 0. The molecule has 0 bridgehead atoms. The highest BCUT2D eigenvalue weighted by atomic mass is 16.4. The van der Waals surface area contributed by atoms with Gasteiger partial charge >= 0.3 is 11.9 Å². The third kappa shape index (κ3) is 5.07. The minimum Gasteiger partial charge on any atom is -0.480 e. The second-order valence-corrected chi connectivity index (χ2v) is 4.16. The summed E-state index contributed by atoms with van der Waals surface area (Å²) in [5.41, 5.74) is 0.978. The van der Waals surface area contributed by atoms with E-state index in [1.54, 1.807) is 0 Å². The Morgan fingerprint density at radius 3 is 2.11 bits per heavy atom. The lowest BCUT2D eigenvalue weighted by Crippen LogP contribution is -2.49. The van der Waals surface area contributed by atoms with E-state index in [9.17, 15) is 9.59 Å². The molecule has 4 N–H and O–H groups in total. The van der Waals surface area contributed by atoms with Crippen molar-refractivity contribution < 1.29 is 24.9 Å². The average Bonchev–Trinajstić information content (AvgIpc) is 2.39. The number of aliphatic hydroxyl groups is 1. The van der Waals surface area contributed by atoms with Crippen LogP contribution in [0.2, 0.25) is 0 Å². The summed E-state index contributed by atoms with van der Waals surface area (Å²) in [5, 5.41) is 29.1. The summed E-state index contributed by atoms with van der Waals surface area (Å²) in [5.74, 6) is -2.40. The normalized spacial score (nSPS) is 13.7. The van der Waals surface area contributed by atoms with E-state index in [-0.39, 0.29) is 6.42 Å². The topological polar surface area (TPSA) is 107 Å². The molecule has 6 heteroatoms. The number of carboxylic acid groups (broad SMARTS) is 2. The quantitative estimate of drug-likeness (QED) is 0.532. The molecule has 0 radical (unpaired) electrons. The Labute approximate surface area is 110 Å². The van der Waals surface area contributed by atoms with Crippen molar-refractivity contribution >= 4 is 11.9 Å². The van der Waals surface area contributed by atoms with Gasteiger partial charge in [0.25, 0.3) is 0 Å². The Kier molecular flexibility index (Phi) is 5.98. The van der Waals surface area contributed by atoms with Crippen LogP contribution < -0.4 is 5.32 Å². The zero-order valence-electron chi connectivity index (χ0n) is 10.3. The SMILES string of the molecule is O=C(O)C(CO)NC(CCc1ccccc1)C(=O)O. The van der Waals surface area contributed by atoms with E-state index in [0.29, 0.717) is 6.42 Å². The maximum Gasteiger partial charge on any atom is 0.323 e. The number of rotatable bonds is 8. The smallest absolute Gasteiger partial charge is 0.323 e. The summed E-state index contributed by atoms with van der Waals surface area (Å²) in [6.45, 7) is -0.648. The van der Waals surface area contributed by atoms with E-state index in [1.165, 1.54) is 0 Å². The molecule has 0 amide bonds. The molecular weight excluding hydrogens is 250 g/mol. The van der Waals surface area contributed by atoms with Crippen LogP contribution >= 0.6 is 0 Å². The van der Waals surface area contributed by atoms with Crippen LogP contribution in [0.15, 0.2) is 30.3 Å². The fourth-order valence-electron chi connectivity index (χ4n) is 1.68. The van der Waals surface area contributed by atoms with Gasteiger partial charge in [-0.2, -0.15) is 0 Å². The van der Waals surface area contributed by atoms with Crippen molar-refractivity contribution in [2.24, 2.45) is 0 Å². The van der Waals surface area contributed by atoms with Crippen LogP contribution in [0, 0.1) is 0 Å². The molecule has 0 heterocycles. The average molecular weight is 267 g/mol. The predicted octanol–water partition coefficient (Wildman–Crippen LogP) is 0.107. The van der Waals surface area contributed by atoms with Gasteiger partial charge in [0.05, 0.1) is 6.61 Å². The second-order valence-electron chi connectivity index (χ2n) is 4.16. The highest BCUT2D eigenvalue weighted by Gasteiger charge is 2.25. The van der Waals surface area contributed by atoms with Crippen molar-refractivity contribution in [2.75, 3.05) is 6.61 Å². The molecule has 0 aromatic heterocycles. The minimum atomic E-state index is -1.27. The van der Waals surface area contributed by atoms with Crippen molar-refractivity contribution in [3.63, 3.8) is 0 Å². The molecule has 0 fully saturated rings. The van der Waals surface area contributed by atoms with Crippen molar-refractivity contribution in [3.8, 4) is 0 Å². The molecular formula is C13H17NO5. The maximum absolute atomic E-state index is 11.1. The number of aryl methyl sites for hydroxylation is 1. The fourth-order valence-corrected chi connectivity index (χ4v) is 1.68. The van der Waals surface area contributed by atoms with Gasteiger partial charge in [-0.05, 0) is 18.4 Å². The molecule has 19 heavy (non-hydrogen) atoms. The lowest BCUT2D eigenvalue weighted by molar-refractivity contribution is -0.143. The number of nitrogens with one attached hydrogen (secondary N) is 1. The molecule has 104 valence electrons. The largest absolute Gasteiger partial charge is 0.480 e.